The third-order valence-electron chi connectivity index (χ3n) is 7.51. The van der Waals surface area contributed by atoms with E-state index in [9.17, 15) is 13.2 Å². The van der Waals surface area contributed by atoms with E-state index in [-0.39, 0.29) is 16.8 Å². The minimum atomic E-state index is -3.68. The average Bonchev–Trinajstić information content (AvgIpc) is 3.03. The summed E-state index contributed by atoms with van der Waals surface area (Å²) in [6, 6.07) is 34.2. The summed E-state index contributed by atoms with van der Waals surface area (Å²) in [5.74, 6) is 0.226. The van der Waals surface area contributed by atoms with Crippen LogP contribution in [0.1, 0.15) is 47.3 Å². The number of amides is 1. The van der Waals surface area contributed by atoms with Gasteiger partial charge >= 0.3 is 0 Å². The number of nitrogens with zero attached hydrogens (tertiary/aromatic N) is 2. The Balaban J connectivity index is 1.24. The Morgan fingerprint density at radius 1 is 0.786 bits per heavy atom. The minimum absolute atomic E-state index is 0.0577. The molecule has 42 heavy (non-hydrogen) atoms. The topological polar surface area (TPSA) is 78.9 Å². The van der Waals surface area contributed by atoms with Gasteiger partial charge in [0, 0.05) is 31.9 Å². The van der Waals surface area contributed by atoms with Gasteiger partial charge in [-0.2, -0.15) is 4.31 Å². The van der Waals surface area contributed by atoms with Gasteiger partial charge in [0.15, 0.2) is 0 Å². The number of nitrogens with one attached hydrogen (secondary N) is 1. The van der Waals surface area contributed by atoms with Crippen molar-refractivity contribution in [2.75, 3.05) is 38.1 Å². The van der Waals surface area contributed by atoms with Crippen molar-refractivity contribution in [2.45, 2.75) is 30.7 Å². The first-order chi connectivity index (χ1) is 20.5. The Bertz CT molecular complexity index is 1510. The van der Waals surface area contributed by atoms with Crippen molar-refractivity contribution >= 4 is 21.6 Å². The van der Waals surface area contributed by atoms with Crippen LogP contribution in [-0.2, 0) is 10.0 Å². The third-order valence-corrected chi connectivity index (χ3v) is 9.42. The van der Waals surface area contributed by atoms with Crippen LogP contribution in [-0.4, -0.2) is 56.3 Å². The van der Waals surface area contributed by atoms with E-state index in [0.717, 1.165) is 12.8 Å². The molecule has 218 valence electrons. The van der Waals surface area contributed by atoms with Crippen LogP contribution in [0.4, 0.5) is 5.69 Å². The summed E-state index contributed by atoms with van der Waals surface area (Å²) in [5.41, 5.74) is 3.33. The van der Waals surface area contributed by atoms with Crippen molar-refractivity contribution in [3.8, 4) is 5.75 Å². The number of carbonyl (C=O) groups excluding carboxylic acids is 1. The van der Waals surface area contributed by atoms with E-state index in [1.54, 1.807) is 46.8 Å². The zero-order chi connectivity index (χ0) is 29.4. The predicted molar refractivity (Wildman–Crippen MR) is 166 cm³/mol. The van der Waals surface area contributed by atoms with E-state index >= 15 is 0 Å². The fourth-order valence-corrected chi connectivity index (χ4v) is 6.67. The SMILES string of the molecule is CCCCOc1ccccc1C(=O)Nc1ccc(S(=O)(=O)N2CCN(C(c3ccccc3)c3ccccc3)CC2)cc1. The van der Waals surface area contributed by atoms with Gasteiger partial charge in [-0.3, -0.25) is 9.69 Å². The molecule has 0 radical (unpaired) electrons. The Morgan fingerprint density at radius 2 is 1.36 bits per heavy atom. The van der Waals surface area contributed by atoms with Gasteiger partial charge in [0.25, 0.3) is 5.91 Å². The first kappa shape index (κ1) is 29.5. The molecule has 1 saturated heterocycles. The number of carbonyl (C=O) groups is 1. The molecule has 5 rings (SSSR count). The lowest BCUT2D eigenvalue weighted by Crippen LogP contribution is -2.49. The highest BCUT2D eigenvalue weighted by Gasteiger charge is 2.32. The fraction of sp³-hybridized carbons (Fsp3) is 0.265. The largest absolute Gasteiger partial charge is 0.493 e. The van der Waals surface area contributed by atoms with Gasteiger partial charge in [-0.15, -0.1) is 0 Å². The minimum Gasteiger partial charge on any atom is -0.493 e. The highest BCUT2D eigenvalue weighted by molar-refractivity contribution is 7.89. The van der Waals surface area contributed by atoms with Crippen LogP contribution in [0.25, 0.3) is 0 Å². The highest BCUT2D eigenvalue weighted by atomic mass is 32.2. The van der Waals surface area contributed by atoms with E-state index in [1.165, 1.54) is 11.1 Å². The van der Waals surface area contributed by atoms with E-state index in [0.29, 0.717) is 49.8 Å². The molecule has 4 aromatic carbocycles. The van der Waals surface area contributed by atoms with Crippen LogP contribution in [0.15, 0.2) is 114 Å². The number of ether oxygens (including phenoxy) is 1. The Kier molecular flexibility index (Phi) is 9.69. The van der Waals surface area contributed by atoms with Crippen molar-refractivity contribution in [3.63, 3.8) is 0 Å². The van der Waals surface area contributed by atoms with Crippen molar-refractivity contribution in [1.29, 1.82) is 0 Å². The average molecular weight is 584 g/mol. The van der Waals surface area contributed by atoms with Crippen LogP contribution in [0, 0.1) is 0 Å². The number of hydrogen-bond donors (Lipinski definition) is 1. The smallest absolute Gasteiger partial charge is 0.259 e. The lowest BCUT2D eigenvalue weighted by atomic mass is 9.96. The molecule has 0 spiro atoms. The van der Waals surface area contributed by atoms with Crippen LogP contribution in [0.5, 0.6) is 5.75 Å². The molecule has 1 amide bonds. The van der Waals surface area contributed by atoms with Crippen LogP contribution in [0.3, 0.4) is 0 Å². The van der Waals surface area contributed by atoms with Crippen molar-refractivity contribution in [3.05, 3.63) is 126 Å². The highest BCUT2D eigenvalue weighted by Crippen LogP contribution is 2.31. The van der Waals surface area contributed by atoms with Crippen molar-refractivity contribution in [1.82, 2.24) is 9.21 Å². The first-order valence-electron chi connectivity index (χ1n) is 14.4. The molecule has 0 atom stereocenters. The maximum atomic E-state index is 13.5. The lowest BCUT2D eigenvalue weighted by Gasteiger charge is -2.39. The summed E-state index contributed by atoms with van der Waals surface area (Å²) >= 11 is 0. The molecule has 8 heteroatoms. The quantitative estimate of drug-likeness (QED) is 0.212. The maximum Gasteiger partial charge on any atom is 0.259 e. The molecule has 0 saturated carbocycles. The molecule has 7 nitrogen and oxygen atoms in total. The lowest BCUT2D eigenvalue weighted by molar-refractivity contribution is 0.102. The molecule has 0 bridgehead atoms. The van der Waals surface area contributed by atoms with Gasteiger partial charge in [-0.25, -0.2) is 8.42 Å². The Morgan fingerprint density at radius 3 is 1.95 bits per heavy atom. The van der Waals surface area contributed by atoms with Gasteiger partial charge in [0.1, 0.15) is 5.75 Å². The maximum absolute atomic E-state index is 13.5. The zero-order valence-electron chi connectivity index (χ0n) is 23.9. The summed E-state index contributed by atoms with van der Waals surface area (Å²) in [4.78, 5) is 15.5. The monoisotopic (exact) mass is 583 g/mol. The summed E-state index contributed by atoms with van der Waals surface area (Å²) in [7, 11) is -3.68. The molecule has 1 aliphatic heterocycles. The van der Waals surface area contributed by atoms with E-state index in [2.05, 4.69) is 41.4 Å². The molecule has 1 aliphatic rings. The zero-order valence-corrected chi connectivity index (χ0v) is 24.7. The number of hydrogen-bond acceptors (Lipinski definition) is 5. The summed E-state index contributed by atoms with van der Waals surface area (Å²) < 4.78 is 34.4. The van der Waals surface area contributed by atoms with Crippen LogP contribution in [0.2, 0.25) is 0 Å². The van der Waals surface area contributed by atoms with Crippen LogP contribution < -0.4 is 10.1 Å². The summed E-state index contributed by atoms with van der Waals surface area (Å²) in [5, 5.41) is 2.86. The number of unbranched alkanes of at least 4 members (excludes halogenated alkanes) is 1. The standard InChI is InChI=1S/C34H37N3O4S/c1-2-3-26-41-32-17-11-10-16-31(32)34(38)35-29-18-20-30(21-19-29)42(39,40)37-24-22-36(23-25-37)33(27-12-6-4-7-13-27)28-14-8-5-9-15-28/h4-21,33H,2-3,22-26H2,1H3,(H,35,38). The predicted octanol–water partition coefficient (Wildman–Crippen LogP) is 6.21. The van der Waals surface area contributed by atoms with Gasteiger partial charge in [0.05, 0.1) is 23.1 Å². The Labute approximate surface area is 248 Å². The molecule has 4 aromatic rings. The van der Waals surface area contributed by atoms with Crippen molar-refractivity contribution in [2.24, 2.45) is 0 Å². The number of para-hydroxylation sites is 1. The molecule has 0 aromatic heterocycles. The summed E-state index contributed by atoms with van der Waals surface area (Å²) in [6.07, 6.45) is 1.91. The van der Waals surface area contributed by atoms with Gasteiger partial charge < -0.3 is 10.1 Å². The molecule has 1 heterocycles. The Hall–Kier alpha value is -3.98. The van der Waals surface area contributed by atoms with Crippen LogP contribution >= 0.6 is 0 Å². The molecule has 1 fully saturated rings. The van der Waals surface area contributed by atoms with Crippen molar-refractivity contribution < 1.29 is 17.9 Å². The molecular formula is C34H37N3O4S. The second-order valence-corrected chi connectivity index (χ2v) is 12.3. The first-order valence-corrected chi connectivity index (χ1v) is 15.9. The van der Waals surface area contributed by atoms with Gasteiger partial charge in [0.2, 0.25) is 10.0 Å². The molecule has 0 aliphatic carbocycles. The summed E-state index contributed by atoms with van der Waals surface area (Å²) in [6.45, 7) is 4.64. The number of rotatable bonds is 11. The second kappa shape index (κ2) is 13.8. The normalized spacial score (nSPS) is 14.5. The number of sulfonamides is 1. The van der Waals surface area contributed by atoms with E-state index < -0.39 is 10.0 Å². The number of benzene rings is 4. The second-order valence-electron chi connectivity index (χ2n) is 10.3. The molecule has 0 unspecified atom stereocenters. The fourth-order valence-electron chi connectivity index (χ4n) is 5.25. The van der Waals surface area contributed by atoms with Gasteiger partial charge in [-0.05, 0) is 53.9 Å². The molecular weight excluding hydrogens is 546 g/mol. The third kappa shape index (κ3) is 6.90. The van der Waals surface area contributed by atoms with E-state index in [1.807, 2.05) is 42.5 Å². The van der Waals surface area contributed by atoms with Gasteiger partial charge in [-0.1, -0.05) is 86.1 Å². The number of anilines is 1. The number of piperazine rings is 1. The van der Waals surface area contributed by atoms with E-state index in [4.69, 9.17) is 4.74 Å². The molecule has 1 N–H and O–H groups in total.